The molecule has 0 heterocycles. The van der Waals surface area contributed by atoms with Crippen LogP contribution in [0.1, 0.15) is 11.1 Å². The van der Waals surface area contributed by atoms with E-state index >= 15 is 0 Å². The number of nitrogens with zero attached hydrogens (tertiary/aromatic N) is 1. The van der Waals surface area contributed by atoms with E-state index in [2.05, 4.69) is 127 Å². The molecule has 1 N–H and O–H groups in total. The van der Waals surface area contributed by atoms with Crippen LogP contribution in [0.15, 0.2) is 103 Å². The minimum atomic E-state index is 1.05. The zero-order valence-corrected chi connectivity index (χ0v) is 16.3. The first-order chi connectivity index (χ1) is 13.7. The molecule has 0 fully saturated rings. The average molecular weight is 364 g/mol. The number of para-hydroxylation sites is 1. The van der Waals surface area contributed by atoms with Gasteiger partial charge >= 0.3 is 0 Å². The molecule has 0 unspecified atom stereocenters. The van der Waals surface area contributed by atoms with Crippen molar-refractivity contribution in [2.24, 2.45) is 0 Å². The van der Waals surface area contributed by atoms with Crippen LogP contribution < -0.4 is 10.4 Å². The summed E-state index contributed by atoms with van der Waals surface area (Å²) in [5.74, 6) is 0. The highest BCUT2D eigenvalue weighted by Crippen LogP contribution is 2.35. The Morgan fingerprint density at radius 1 is 0.571 bits per heavy atom. The number of hydrogen-bond donors (Lipinski definition) is 1. The van der Waals surface area contributed by atoms with Gasteiger partial charge in [0.05, 0.1) is 17.1 Å². The molecule has 0 saturated heterocycles. The standard InChI is InChI=1S/C26H24N2/c1-20-12-16-23(17-13-20)27-28(24-18-14-21(2)15-19-24)26-11-7-6-10-25(26)22-8-4-3-5-9-22/h3-19,27H,1-2H3. The van der Waals surface area contributed by atoms with Gasteiger partial charge < -0.3 is 0 Å². The lowest BCUT2D eigenvalue weighted by molar-refractivity contribution is 1.16. The van der Waals surface area contributed by atoms with Crippen molar-refractivity contribution in [3.05, 3.63) is 114 Å². The second-order valence-corrected chi connectivity index (χ2v) is 7.03. The number of anilines is 3. The molecule has 2 heteroatoms. The molecule has 0 aliphatic heterocycles. The van der Waals surface area contributed by atoms with Crippen LogP contribution in [0.2, 0.25) is 0 Å². The first-order valence-electron chi connectivity index (χ1n) is 9.55. The summed E-state index contributed by atoms with van der Waals surface area (Å²) in [5.41, 5.74) is 11.7. The molecule has 0 saturated carbocycles. The molecule has 0 bridgehead atoms. The molecule has 28 heavy (non-hydrogen) atoms. The van der Waals surface area contributed by atoms with E-state index in [1.165, 1.54) is 22.3 Å². The summed E-state index contributed by atoms with van der Waals surface area (Å²) in [7, 11) is 0. The molecule has 4 aromatic rings. The first kappa shape index (κ1) is 17.9. The smallest absolute Gasteiger partial charge is 0.0708 e. The van der Waals surface area contributed by atoms with E-state index in [9.17, 15) is 0 Å². The van der Waals surface area contributed by atoms with Gasteiger partial charge in [-0.2, -0.15) is 0 Å². The number of hydrogen-bond acceptors (Lipinski definition) is 2. The lowest BCUT2D eigenvalue weighted by Crippen LogP contribution is -2.25. The number of benzene rings is 4. The van der Waals surface area contributed by atoms with E-state index < -0.39 is 0 Å². The molecular weight excluding hydrogens is 340 g/mol. The zero-order chi connectivity index (χ0) is 19.3. The lowest BCUT2D eigenvalue weighted by atomic mass is 10.0. The monoisotopic (exact) mass is 364 g/mol. The van der Waals surface area contributed by atoms with E-state index in [1.54, 1.807) is 0 Å². The Labute approximate surface area is 167 Å². The predicted molar refractivity (Wildman–Crippen MR) is 120 cm³/mol. The number of nitrogens with one attached hydrogen (secondary N) is 1. The maximum atomic E-state index is 3.60. The second kappa shape index (κ2) is 8.01. The van der Waals surface area contributed by atoms with Gasteiger partial charge in [0.15, 0.2) is 0 Å². The molecule has 0 atom stereocenters. The third-order valence-electron chi connectivity index (χ3n) is 4.81. The van der Waals surface area contributed by atoms with Gasteiger partial charge in [0.2, 0.25) is 0 Å². The fourth-order valence-electron chi connectivity index (χ4n) is 3.25. The Hall–Kier alpha value is -3.52. The van der Waals surface area contributed by atoms with Gasteiger partial charge in [0, 0.05) is 5.56 Å². The number of hydrazine groups is 1. The Morgan fingerprint density at radius 2 is 1.14 bits per heavy atom. The Morgan fingerprint density at radius 3 is 1.82 bits per heavy atom. The fraction of sp³-hybridized carbons (Fsp3) is 0.0769. The molecule has 138 valence electrons. The van der Waals surface area contributed by atoms with Gasteiger partial charge in [0.1, 0.15) is 0 Å². The predicted octanol–water partition coefficient (Wildman–Crippen LogP) is 7.14. The van der Waals surface area contributed by atoms with Gasteiger partial charge in [-0.25, -0.2) is 0 Å². The van der Waals surface area contributed by atoms with Crippen LogP contribution in [0.4, 0.5) is 17.1 Å². The van der Waals surface area contributed by atoms with Crippen LogP contribution in [0.25, 0.3) is 11.1 Å². The van der Waals surface area contributed by atoms with E-state index in [4.69, 9.17) is 0 Å². The highest BCUT2D eigenvalue weighted by atomic mass is 15.5. The van der Waals surface area contributed by atoms with Crippen LogP contribution in [-0.4, -0.2) is 0 Å². The first-order valence-corrected chi connectivity index (χ1v) is 9.55. The molecule has 4 aromatic carbocycles. The molecule has 0 radical (unpaired) electrons. The normalized spacial score (nSPS) is 10.5. The molecule has 4 rings (SSSR count). The van der Waals surface area contributed by atoms with Crippen LogP contribution >= 0.6 is 0 Å². The molecule has 0 amide bonds. The van der Waals surface area contributed by atoms with E-state index in [1.807, 2.05) is 0 Å². The van der Waals surface area contributed by atoms with Crippen molar-refractivity contribution < 1.29 is 0 Å². The Balaban J connectivity index is 1.82. The molecule has 0 aliphatic rings. The number of rotatable bonds is 5. The molecule has 0 aliphatic carbocycles. The molecular formula is C26H24N2. The van der Waals surface area contributed by atoms with Crippen molar-refractivity contribution in [1.29, 1.82) is 0 Å². The molecule has 2 nitrogen and oxygen atoms in total. The fourth-order valence-corrected chi connectivity index (χ4v) is 3.25. The molecule has 0 spiro atoms. The largest absolute Gasteiger partial charge is 0.294 e. The third-order valence-corrected chi connectivity index (χ3v) is 4.81. The summed E-state index contributed by atoms with van der Waals surface area (Å²) < 4.78 is 0. The summed E-state index contributed by atoms with van der Waals surface area (Å²) in [6.07, 6.45) is 0. The maximum absolute atomic E-state index is 3.60. The van der Waals surface area contributed by atoms with Crippen LogP contribution in [0, 0.1) is 13.8 Å². The average Bonchev–Trinajstić information content (AvgIpc) is 2.75. The summed E-state index contributed by atoms with van der Waals surface area (Å²) in [6, 6.07) is 36.1. The zero-order valence-electron chi connectivity index (χ0n) is 16.3. The second-order valence-electron chi connectivity index (χ2n) is 7.03. The summed E-state index contributed by atoms with van der Waals surface area (Å²) >= 11 is 0. The highest BCUT2D eigenvalue weighted by molar-refractivity contribution is 5.83. The van der Waals surface area contributed by atoms with Gasteiger partial charge in [0.25, 0.3) is 0 Å². The van der Waals surface area contributed by atoms with Crippen molar-refractivity contribution in [1.82, 2.24) is 0 Å². The van der Waals surface area contributed by atoms with Crippen LogP contribution in [0.3, 0.4) is 0 Å². The number of aryl methyl sites for hydroxylation is 2. The quantitative estimate of drug-likeness (QED) is 0.379. The molecule has 0 aromatic heterocycles. The van der Waals surface area contributed by atoms with E-state index in [0.29, 0.717) is 0 Å². The van der Waals surface area contributed by atoms with Gasteiger partial charge in [-0.3, -0.25) is 10.4 Å². The van der Waals surface area contributed by atoms with Gasteiger partial charge in [-0.1, -0.05) is 83.9 Å². The van der Waals surface area contributed by atoms with Gasteiger partial charge in [-0.15, -0.1) is 0 Å². The van der Waals surface area contributed by atoms with Crippen LogP contribution in [-0.2, 0) is 0 Å². The van der Waals surface area contributed by atoms with Crippen LogP contribution in [0.5, 0.6) is 0 Å². The van der Waals surface area contributed by atoms with Crippen molar-refractivity contribution in [2.75, 3.05) is 10.4 Å². The third kappa shape index (κ3) is 3.91. The van der Waals surface area contributed by atoms with E-state index in [-0.39, 0.29) is 0 Å². The summed E-state index contributed by atoms with van der Waals surface area (Å²) in [5, 5.41) is 2.16. The Bertz CT molecular complexity index is 1040. The topological polar surface area (TPSA) is 15.3 Å². The van der Waals surface area contributed by atoms with Crippen molar-refractivity contribution in [3.8, 4) is 11.1 Å². The summed E-state index contributed by atoms with van der Waals surface area (Å²) in [6.45, 7) is 4.21. The summed E-state index contributed by atoms with van der Waals surface area (Å²) in [4.78, 5) is 0. The highest BCUT2D eigenvalue weighted by Gasteiger charge is 2.14. The van der Waals surface area contributed by atoms with Crippen molar-refractivity contribution in [2.45, 2.75) is 13.8 Å². The SMILES string of the molecule is Cc1ccc(NN(c2ccc(C)cc2)c2ccccc2-c2ccccc2)cc1. The maximum Gasteiger partial charge on any atom is 0.0708 e. The minimum absolute atomic E-state index is 1.05. The van der Waals surface area contributed by atoms with Gasteiger partial charge in [-0.05, 0) is 49.7 Å². The minimum Gasteiger partial charge on any atom is -0.294 e. The van der Waals surface area contributed by atoms with E-state index in [0.717, 1.165) is 17.1 Å². The Kier molecular flexibility index (Phi) is 5.11. The van der Waals surface area contributed by atoms with Crippen molar-refractivity contribution in [3.63, 3.8) is 0 Å². The van der Waals surface area contributed by atoms with Crippen molar-refractivity contribution >= 4 is 17.1 Å². The lowest BCUT2D eigenvalue weighted by Gasteiger charge is -2.29.